The van der Waals surface area contributed by atoms with Crippen molar-refractivity contribution in [2.75, 3.05) is 18.4 Å². The topological polar surface area (TPSA) is 134 Å². The molecule has 156 valence electrons. The highest BCUT2D eigenvalue weighted by atomic mass is 16.3. The number of carbonyl (C=O) groups excluding carboxylic acids is 2. The Labute approximate surface area is 172 Å². The highest BCUT2D eigenvalue weighted by Gasteiger charge is 2.24. The maximum absolute atomic E-state index is 12.8. The van der Waals surface area contributed by atoms with Crippen LogP contribution < -0.4 is 16.6 Å². The van der Waals surface area contributed by atoms with Crippen molar-refractivity contribution < 1.29 is 14.0 Å². The maximum Gasteiger partial charge on any atom is 0.262 e. The summed E-state index contributed by atoms with van der Waals surface area (Å²) >= 11 is 0. The molecule has 1 aliphatic heterocycles. The summed E-state index contributed by atoms with van der Waals surface area (Å²) in [7, 11) is 0. The number of nitrogens with one attached hydrogen (secondary N) is 2. The second-order valence-corrected chi connectivity index (χ2v) is 7.57. The molecule has 1 unspecified atom stereocenters. The van der Waals surface area contributed by atoms with Crippen molar-refractivity contribution in [1.29, 1.82) is 0 Å². The first-order valence-electron chi connectivity index (χ1n) is 9.81. The zero-order valence-electron chi connectivity index (χ0n) is 16.6. The lowest BCUT2D eigenvalue weighted by Gasteiger charge is -2.31. The van der Waals surface area contributed by atoms with Gasteiger partial charge in [-0.3, -0.25) is 19.3 Å². The van der Waals surface area contributed by atoms with Gasteiger partial charge in [0, 0.05) is 18.8 Å². The Hall–Kier alpha value is -3.46. The molecule has 4 N–H and O–H groups in total. The Balaban J connectivity index is 1.45. The van der Waals surface area contributed by atoms with Crippen LogP contribution in [0.15, 0.2) is 39.8 Å². The summed E-state index contributed by atoms with van der Waals surface area (Å²) in [4.78, 5) is 44.9. The zero-order valence-corrected chi connectivity index (χ0v) is 16.6. The van der Waals surface area contributed by atoms with Gasteiger partial charge in [-0.2, -0.15) is 0 Å². The molecular formula is C21H23N5O4. The molecule has 1 saturated heterocycles. The van der Waals surface area contributed by atoms with Crippen molar-refractivity contribution in [3.8, 4) is 0 Å². The van der Waals surface area contributed by atoms with Gasteiger partial charge < -0.3 is 20.5 Å². The Morgan fingerprint density at radius 3 is 2.83 bits per heavy atom. The van der Waals surface area contributed by atoms with Crippen LogP contribution in [-0.2, 0) is 11.3 Å². The van der Waals surface area contributed by atoms with Crippen LogP contribution in [0.4, 0.5) is 5.69 Å². The van der Waals surface area contributed by atoms with E-state index in [0.717, 1.165) is 24.9 Å². The first-order valence-corrected chi connectivity index (χ1v) is 9.81. The van der Waals surface area contributed by atoms with Gasteiger partial charge in [0.25, 0.3) is 11.5 Å². The molecule has 1 atom stereocenters. The number of hydrogen-bond acceptors (Lipinski definition) is 6. The van der Waals surface area contributed by atoms with Gasteiger partial charge in [-0.05, 0) is 44.0 Å². The van der Waals surface area contributed by atoms with Gasteiger partial charge >= 0.3 is 0 Å². The van der Waals surface area contributed by atoms with Crippen LogP contribution in [0.2, 0.25) is 0 Å². The molecule has 3 aromatic rings. The molecule has 0 spiro atoms. The summed E-state index contributed by atoms with van der Waals surface area (Å²) in [6.07, 6.45) is 3.03. The third kappa shape index (κ3) is 3.97. The highest BCUT2D eigenvalue weighted by molar-refractivity contribution is 6.12. The number of rotatable bonds is 5. The highest BCUT2D eigenvalue weighted by Crippen LogP contribution is 2.23. The average Bonchev–Trinajstić information content (AvgIpc) is 3.07. The third-order valence-electron chi connectivity index (χ3n) is 5.42. The number of H-pyrrole nitrogens is 1. The van der Waals surface area contributed by atoms with Gasteiger partial charge in [-0.1, -0.05) is 12.1 Å². The van der Waals surface area contributed by atoms with E-state index < -0.39 is 11.5 Å². The van der Waals surface area contributed by atoms with Crippen LogP contribution in [0.1, 0.15) is 34.5 Å². The van der Waals surface area contributed by atoms with Crippen molar-refractivity contribution in [1.82, 2.24) is 14.9 Å². The van der Waals surface area contributed by atoms with Crippen LogP contribution in [0.3, 0.4) is 0 Å². The number of amides is 2. The van der Waals surface area contributed by atoms with Crippen molar-refractivity contribution in [3.63, 3.8) is 0 Å². The largest absolute Gasteiger partial charge is 0.442 e. The van der Waals surface area contributed by atoms with Crippen molar-refractivity contribution in [2.24, 2.45) is 11.7 Å². The number of piperidine rings is 1. The van der Waals surface area contributed by atoms with E-state index in [2.05, 4.69) is 20.2 Å². The number of primary amides is 1. The second-order valence-electron chi connectivity index (χ2n) is 7.57. The van der Waals surface area contributed by atoms with Crippen molar-refractivity contribution in [2.45, 2.75) is 26.3 Å². The van der Waals surface area contributed by atoms with Gasteiger partial charge in [-0.15, -0.1) is 0 Å². The summed E-state index contributed by atoms with van der Waals surface area (Å²) in [5.41, 5.74) is 7.01. The number of benzene rings is 1. The molecule has 2 aromatic heterocycles. The van der Waals surface area contributed by atoms with E-state index in [0.29, 0.717) is 24.5 Å². The molecule has 30 heavy (non-hydrogen) atoms. The number of furan rings is 1. The van der Waals surface area contributed by atoms with E-state index in [-0.39, 0.29) is 28.5 Å². The number of hydrogen-bond donors (Lipinski definition) is 3. The van der Waals surface area contributed by atoms with Crippen LogP contribution in [-0.4, -0.2) is 39.8 Å². The molecule has 0 aliphatic carbocycles. The van der Waals surface area contributed by atoms with Gasteiger partial charge in [0.05, 0.1) is 17.8 Å². The minimum atomic E-state index is -0.433. The number of carbonyl (C=O) groups is 2. The predicted octanol–water partition coefficient (Wildman–Crippen LogP) is 1.77. The lowest BCUT2D eigenvalue weighted by molar-refractivity contribution is -0.123. The second kappa shape index (κ2) is 8.11. The zero-order chi connectivity index (χ0) is 21.3. The van der Waals surface area contributed by atoms with E-state index in [1.807, 2.05) is 24.3 Å². The van der Waals surface area contributed by atoms with Crippen molar-refractivity contribution in [3.05, 3.63) is 57.8 Å². The number of aromatic amines is 1. The van der Waals surface area contributed by atoms with Gasteiger partial charge in [-0.25, -0.2) is 4.98 Å². The maximum atomic E-state index is 12.8. The Morgan fingerprint density at radius 2 is 2.10 bits per heavy atom. The van der Waals surface area contributed by atoms with E-state index in [1.54, 1.807) is 6.92 Å². The number of fused-ring (bicyclic) bond motifs is 1. The first kappa shape index (κ1) is 19.8. The molecule has 1 fully saturated rings. The van der Waals surface area contributed by atoms with Gasteiger partial charge in [0.2, 0.25) is 11.6 Å². The first-order chi connectivity index (χ1) is 14.4. The SMILES string of the molecule is Cc1oc2nc[nH]c(=O)c2c1C(=O)Nc1ccc(CN2CCCC(C(N)=O)C2)cc1. The summed E-state index contributed by atoms with van der Waals surface area (Å²) in [5, 5.41) is 2.94. The van der Waals surface area contributed by atoms with Crippen molar-refractivity contribution >= 4 is 28.6 Å². The van der Waals surface area contributed by atoms with Crippen LogP contribution in [0.5, 0.6) is 0 Å². The molecule has 1 aromatic carbocycles. The molecule has 4 rings (SSSR count). The molecule has 2 amide bonds. The van der Waals surface area contributed by atoms with E-state index >= 15 is 0 Å². The standard InChI is InChI=1S/C21H23N5O4/c1-12-16(17-19(28)23-11-24-21(17)30-12)20(29)25-15-6-4-13(5-7-15)9-26-8-2-3-14(10-26)18(22)27/h4-7,11,14H,2-3,8-10H2,1H3,(H2,22,27)(H,25,29)(H,23,24,28). The quantitative estimate of drug-likeness (QED) is 0.588. The van der Waals surface area contributed by atoms with E-state index in [9.17, 15) is 14.4 Å². The molecule has 0 radical (unpaired) electrons. The number of aryl methyl sites for hydroxylation is 1. The Kier molecular flexibility index (Phi) is 5.37. The Bertz CT molecular complexity index is 1150. The fourth-order valence-electron chi connectivity index (χ4n) is 3.90. The molecule has 1 aliphatic rings. The fourth-order valence-corrected chi connectivity index (χ4v) is 3.90. The number of aromatic nitrogens is 2. The number of nitrogens with zero attached hydrogens (tertiary/aromatic N) is 2. The average molecular weight is 409 g/mol. The summed E-state index contributed by atoms with van der Waals surface area (Å²) in [6, 6.07) is 7.47. The van der Waals surface area contributed by atoms with Gasteiger partial charge in [0.1, 0.15) is 11.1 Å². The smallest absolute Gasteiger partial charge is 0.262 e. The lowest BCUT2D eigenvalue weighted by Crippen LogP contribution is -2.40. The monoisotopic (exact) mass is 409 g/mol. The minimum Gasteiger partial charge on any atom is -0.442 e. The summed E-state index contributed by atoms with van der Waals surface area (Å²) in [5.74, 6) is -0.438. The number of nitrogens with two attached hydrogens (primary N) is 1. The predicted molar refractivity (Wildman–Crippen MR) is 111 cm³/mol. The summed E-state index contributed by atoms with van der Waals surface area (Å²) < 4.78 is 5.44. The molecule has 3 heterocycles. The van der Waals surface area contributed by atoms with E-state index in [1.165, 1.54) is 6.33 Å². The molecule has 9 heteroatoms. The summed E-state index contributed by atoms with van der Waals surface area (Å²) in [6.45, 7) is 3.93. The van der Waals surface area contributed by atoms with Gasteiger partial charge in [0.15, 0.2) is 0 Å². The van der Waals surface area contributed by atoms with Crippen LogP contribution in [0, 0.1) is 12.8 Å². The normalized spacial score (nSPS) is 17.2. The molecular weight excluding hydrogens is 386 g/mol. The minimum absolute atomic E-state index is 0.0945. The molecule has 0 saturated carbocycles. The molecule has 9 nitrogen and oxygen atoms in total. The van der Waals surface area contributed by atoms with Crippen LogP contribution in [0.25, 0.3) is 11.1 Å². The fraction of sp³-hybridized carbons (Fsp3) is 0.333. The lowest BCUT2D eigenvalue weighted by atomic mass is 9.97. The van der Waals surface area contributed by atoms with Crippen LogP contribution >= 0.6 is 0 Å². The number of likely N-dealkylation sites (tertiary alicyclic amines) is 1. The molecule has 0 bridgehead atoms. The number of anilines is 1. The third-order valence-corrected chi connectivity index (χ3v) is 5.42. The van der Waals surface area contributed by atoms with E-state index in [4.69, 9.17) is 10.2 Å². The Morgan fingerprint density at radius 1 is 1.33 bits per heavy atom.